The van der Waals surface area contributed by atoms with E-state index in [1.807, 2.05) is 6.07 Å². The van der Waals surface area contributed by atoms with Gasteiger partial charge < -0.3 is 9.64 Å². The van der Waals surface area contributed by atoms with E-state index in [0.29, 0.717) is 35.5 Å². The van der Waals surface area contributed by atoms with E-state index in [2.05, 4.69) is 4.98 Å². The number of methoxy groups -OCH3 is 1. The summed E-state index contributed by atoms with van der Waals surface area (Å²) in [5, 5.41) is 0.439. The first-order chi connectivity index (χ1) is 17.8. The number of pyridine rings is 1. The van der Waals surface area contributed by atoms with Crippen LogP contribution in [0.1, 0.15) is 34.3 Å². The average molecular weight is 542 g/mol. The molecule has 1 aromatic heterocycles. The number of benzene rings is 2. The van der Waals surface area contributed by atoms with Gasteiger partial charge in [-0.2, -0.15) is 4.31 Å². The maximum absolute atomic E-state index is 13.8. The van der Waals surface area contributed by atoms with Gasteiger partial charge in [0.25, 0.3) is 0 Å². The van der Waals surface area contributed by atoms with E-state index in [0.717, 1.165) is 5.56 Å². The van der Waals surface area contributed by atoms with Gasteiger partial charge in [0.1, 0.15) is 0 Å². The minimum absolute atomic E-state index is 0.0658. The molecule has 0 bridgehead atoms. The maximum Gasteiger partial charge on any atom is 0.337 e. The second kappa shape index (κ2) is 11.9. The van der Waals surface area contributed by atoms with Gasteiger partial charge in [-0.1, -0.05) is 29.8 Å². The summed E-state index contributed by atoms with van der Waals surface area (Å²) in [5.41, 5.74) is 1.90. The molecule has 0 radical (unpaired) electrons. The third-order valence-corrected chi connectivity index (χ3v) is 8.53. The fourth-order valence-electron chi connectivity index (χ4n) is 4.40. The first kappa shape index (κ1) is 26.8. The third kappa shape index (κ3) is 6.54. The minimum atomic E-state index is -3.92. The Hall–Kier alpha value is -3.27. The smallest absolute Gasteiger partial charge is 0.337 e. The molecule has 0 spiro atoms. The molecule has 37 heavy (non-hydrogen) atoms. The molecule has 1 saturated heterocycles. The highest BCUT2D eigenvalue weighted by Gasteiger charge is 2.35. The van der Waals surface area contributed by atoms with Crippen LogP contribution in [0.4, 0.5) is 0 Å². The van der Waals surface area contributed by atoms with Gasteiger partial charge in [-0.3, -0.25) is 9.78 Å². The molecule has 10 heteroatoms. The van der Waals surface area contributed by atoms with Gasteiger partial charge in [0.2, 0.25) is 15.9 Å². The normalized spacial score (nSPS) is 16.0. The van der Waals surface area contributed by atoms with Crippen molar-refractivity contribution >= 4 is 33.5 Å². The molecule has 1 fully saturated rings. The third-order valence-electron chi connectivity index (χ3n) is 6.37. The lowest BCUT2D eigenvalue weighted by Crippen LogP contribution is -2.51. The lowest BCUT2D eigenvalue weighted by Gasteiger charge is -2.39. The summed E-state index contributed by atoms with van der Waals surface area (Å²) in [6.07, 6.45) is 4.82. The second-order valence-electron chi connectivity index (χ2n) is 8.87. The predicted octanol–water partition coefficient (Wildman–Crippen LogP) is 3.95. The summed E-state index contributed by atoms with van der Waals surface area (Å²) in [4.78, 5) is 30.8. The van der Waals surface area contributed by atoms with Crippen molar-refractivity contribution in [3.8, 4) is 0 Å². The Morgan fingerprint density at radius 3 is 2.46 bits per heavy atom. The van der Waals surface area contributed by atoms with Crippen LogP contribution < -0.4 is 0 Å². The van der Waals surface area contributed by atoms with Crippen molar-refractivity contribution in [1.82, 2.24) is 14.2 Å². The van der Waals surface area contributed by atoms with Gasteiger partial charge in [0.15, 0.2) is 0 Å². The highest BCUT2D eigenvalue weighted by molar-refractivity contribution is 7.89. The fourth-order valence-corrected chi connectivity index (χ4v) is 6.16. The Kier molecular flexibility index (Phi) is 8.58. The predicted molar refractivity (Wildman–Crippen MR) is 140 cm³/mol. The number of esters is 1. The van der Waals surface area contributed by atoms with Gasteiger partial charge in [-0.25, -0.2) is 13.2 Å². The van der Waals surface area contributed by atoms with E-state index >= 15 is 0 Å². The summed E-state index contributed by atoms with van der Waals surface area (Å²) in [5.74, 6) is -0.531. The first-order valence-electron chi connectivity index (χ1n) is 11.9. The monoisotopic (exact) mass is 541 g/mol. The van der Waals surface area contributed by atoms with Gasteiger partial charge in [0, 0.05) is 43.1 Å². The number of aromatic nitrogens is 1. The van der Waals surface area contributed by atoms with Crippen LogP contribution in [-0.4, -0.2) is 60.7 Å². The lowest BCUT2D eigenvalue weighted by molar-refractivity contribution is -0.132. The van der Waals surface area contributed by atoms with Crippen LogP contribution in [0.3, 0.4) is 0 Å². The van der Waals surface area contributed by atoms with Gasteiger partial charge >= 0.3 is 5.97 Å². The topological polar surface area (TPSA) is 96.9 Å². The molecule has 1 unspecified atom stereocenters. The molecule has 0 saturated carbocycles. The Balaban J connectivity index is 1.60. The van der Waals surface area contributed by atoms with Crippen LogP contribution in [0.15, 0.2) is 78.0 Å². The van der Waals surface area contributed by atoms with Crippen LogP contribution in [0.2, 0.25) is 5.02 Å². The van der Waals surface area contributed by atoms with Crippen LogP contribution in [0, 0.1) is 0 Å². The molecule has 0 N–H and O–H groups in total. The molecule has 194 valence electrons. The summed E-state index contributed by atoms with van der Waals surface area (Å²) >= 11 is 6.00. The summed E-state index contributed by atoms with van der Waals surface area (Å²) in [6, 6.07) is 15.9. The Morgan fingerprint density at radius 1 is 1.08 bits per heavy atom. The SMILES string of the molecule is COC(=O)c1ccc(CN(C2CCCN(C(=O)Cc3cccnc3)C2)S(=O)(=O)c2ccc(Cl)cc2)cc1. The number of carbonyl (C=O) groups excluding carboxylic acids is 2. The van der Waals surface area contributed by atoms with E-state index in [1.54, 1.807) is 59.8 Å². The fraction of sp³-hybridized carbons (Fsp3) is 0.296. The second-order valence-corrected chi connectivity index (χ2v) is 11.2. The van der Waals surface area contributed by atoms with Crippen LogP contribution in [0.5, 0.6) is 0 Å². The van der Waals surface area contributed by atoms with E-state index in [4.69, 9.17) is 16.3 Å². The van der Waals surface area contributed by atoms with Crippen molar-refractivity contribution in [2.24, 2.45) is 0 Å². The largest absolute Gasteiger partial charge is 0.465 e. The molecule has 1 atom stereocenters. The van der Waals surface area contributed by atoms with Crippen molar-refractivity contribution in [1.29, 1.82) is 0 Å². The zero-order chi connectivity index (χ0) is 26.4. The number of ether oxygens (including phenoxy) is 1. The van der Waals surface area contributed by atoms with Crippen molar-refractivity contribution in [3.63, 3.8) is 0 Å². The van der Waals surface area contributed by atoms with Crippen molar-refractivity contribution in [3.05, 3.63) is 94.8 Å². The standard InChI is InChI=1S/C27H28ClN3O5S/c1-36-27(33)22-8-6-20(7-9-22)18-31(37(34,35)25-12-10-23(28)11-13-25)24-5-3-15-30(19-24)26(32)16-21-4-2-14-29-17-21/h2,4,6-14,17,24H,3,5,15-16,18-19H2,1H3. The highest BCUT2D eigenvalue weighted by atomic mass is 35.5. The summed E-state index contributed by atoms with van der Waals surface area (Å²) < 4.78 is 33.9. The molecule has 8 nitrogen and oxygen atoms in total. The molecular formula is C27H28ClN3O5S. The number of halogens is 1. The Bertz CT molecular complexity index is 1330. The van der Waals surface area contributed by atoms with Crippen LogP contribution in [0.25, 0.3) is 0 Å². The van der Waals surface area contributed by atoms with Crippen LogP contribution >= 0.6 is 11.6 Å². The number of nitrogens with zero attached hydrogens (tertiary/aromatic N) is 3. The average Bonchev–Trinajstić information content (AvgIpc) is 2.92. The molecule has 4 rings (SSSR count). The van der Waals surface area contributed by atoms with E-state index in [-0.39, 0.29) is 30.3 Å². The van der Waals surface area contributed by atoms with Crippen molar-refractivity contribution < 1.29 is 22.7 Å². The number of carbonyl (C=O) groups is 2. The van der Waals surface area contributed by atoms with Crippen molar-refractivity contribution in [2.45, 2.75) is 36.7 Å². The Labute approximate surface area is 221 Å². The maximum atomic E-state index is 13.8. The van der Waals surface area contributed by atoms with Gasteiger partial charge in [0.05, 0.1) is 24.0 Å². The number of rotatable bonds is 8. The van der Waals surface area contributed by atoms with E-state index in [1.165, 1.54) is 23.5 Å². The van der Waals surface area contributed by atoms with Crippen molar-refractivity contribution in [2.75, 3.05) is 20.2 Å². The number of likely N-dealkylation sites (tertiary alicyclic amines) is 1. The Morgan fingerprint density at radius 2 is 1.81 bits per heavy atom. The highest BCUT2D eigenvalue weighted by Crippen LogP contribution is 2.27. The number of sulfonamides is 1. The number of hydrogen-bond donors (Lipinski definition) is 0. The lowest BCUT2D eigenvalue weighted by atomic mass is 10.0. The zero-order valence-electron chi connectivity index (χ0n) is 20.4. The molecule has 1 aliphatic heterocycles. The minimum Gasteiger partial charge on any atom is -0.465 e. The van der Waals surface area contributed by atoms with Crippen LogP contribution in [-0.2, 0) is 32.5 Å². The molecule has 2 aromatic carbocycles. The number of piperidine rings is 1. The molecule has 1 aliphatic rings. The summed E-state index contributed by atoms with van der Waals surface area (Å²) in [7, 11) is -2.61. The van der Waals surface area contributed by atoms with E-state index < -0.39 is 22.0 Å². The number of amides is 1. The number of hydrogen-bond acceptors (Lipinski definition) is 6. The molecule has 0 aliphatic carbocycles. The van der Waals surface area contributed by atoms with Gasteiger partial charge in [-0.15, -0.1) is 0 Å². The zero-order valence-corrected chi connectivity index (χ0v) is 22.0. The molecule has 2 heterocycles. The quantitative estimate of drug-likeness (QED) is 0.401. The molecular weight excluding hydrogens is 514 g/mol. The summed E-state index contributed by atoms with van der Waals surface area (Å²) in [6.45, 7) is 0.937. The molecule has 1 amide bonds. The first-order valence-corrected chi connectivity index (χ1v) is 13.7. The molecule has 3 aromatic rings. The van der Waals surface area contributed by atoms with Gasteiger partial charge in [-0.05, 0) is 66.4 Å². The van der Waals surface area contributed by atoms with E-state index in [9.17, 15) is 18.0 Å².